The summed E-state index contributed by atoms with van der Waals surface area (Å²) in [5.74, 6) is -0.0458. The van der Waals surface area contributed by atoms with Crippen LogP contribution < -0.4 is 15.8 Å². The molecule has 26 heavy (non-hydrogen) atoms. The molecule has 1 aliphatic rings. The first-order valence-corrected chi connectivity index (χ1v) is 9.11. The molecule has 0 heterocycles. The van der Waals surface area contributed by atoms with Crippen LogP contribution in [0.25, 0.3) is 0 Å². The smallest absolute Gasteiger partial charge is 0.224 e. The monoisotopic (exact) mass is 356 g/mol. The number of halogens is 1. The van der Waals surface area contributed by atoms with E-state index >= 15 is 0 Å². The van der Waals surface area contributed by atoms with Crippen molar-refractivity contribution in [1.29, 1.82) is 0 Å². The lowest BCUT2D eigenvalue weighted by Gasteiger charge is -2.24. The first kappa shape index (κ1) is 18.4. The number of hydrogen-bond donors (Lipinski definition) is 2. The van der Waals surface area contributed by atoms with Crippen molar-refractivity contribution >= 4 is 5.91 Å². The van der Waals surface area contributed by atoms with E-state index in [1.54, 1.807) is 18.2 Å². The first-order chi connectivity index (χ1) is 12.7. The molecule has 0 radical (unpaired) electrons. The SMILES string of the molecule is NC[C@H]1CCC[C@H]1C(=O)NC(COc1ccccc1F)c1ccccc1. The molecule has 5 heteroatoms. The summed E-state index contributed by atoms with van der Waals surface area (Å²) in [4.78, 5) is 12.8. The lowest BCUT2D eigenvalue weighted by molar-refractivity contribution is -0.127. The molecule has 2 aromatic rings. The van der Waals surface area contributed by atoms with Crippen LogP contribution in [0.2, 0.25) is 0 Å². The van der Waals surface area contributed by atoms with Crippen molar-refractivity contribution in [3.05, 3.63) is 66.0 Å². The number of carbonyl (C=O) groups is 1. The highest BCUT2D eigenvalue weighted by Crippen LogP contribution is 2.31. The predicted molar refractivity (Wildman–Crippen MR) is 99.1 cm³/mol. The average molecular weight is 356 g/mol. The van der Waals surface area contributed by atoms with Crippen LogP contribution in [0.5, 0.6) is 5.75 Å². The fraction of sp³-hybridized carbons (Fsp3) is 0.381. The summed E-state index contributed by atoms with van der Waals surface area (Å²) in [6.07, 6.45) is 2.89. The van der Waals surface area contributed by atoms with Gasteiger partial charge in [0.05, 0.1) is 6.04 Å². The Morgan fingerprint density at radius 3 is 2.62 bits per heavy atom. The second kappa shape index (κ2) is 8.81. The number of ether oxygens (including phenoxy) is 1. The van der Waals surface area contributed by atoms with Gasteiger partial charge in [0.15, 0.2) is 11.6 Å². The van der Waals surface area contributed by atoms with Crippen LogP contribution in [0.3, 0.4) is 0 Å². The lowest BCUT2D eigenvalue weighted by atomic mass is 9.94. The number of para-hydroxylation sites is 1. The molecular weight excluding hydrogens is 331 g/mol. The minimum Gasteiger partial charge on any atom is -0.488 e. The number of amides is 1. The Balaban J connectivity index is 1.71. The van der Waals surface area contributed by atoms with Crippen LogP contribution in [0.4, 0.5) is 4.39 Å². The van der Waals surface area contributed by atoms with Crippen LogP contribution in [-0.4, -0.2) is 19.1 Å². The zero-order valence-corrected chi connectivity index (χ0v) is 14.7. The molecule has 3 rings (SSSR count). The standard InChI is InChI=1S/C21H25FN2O2/c22-18-11-4-5-12-20(18)26-14-19(15-7-2-1-3-8-15)24-21(25)17-10-6-9-16(17)13-23/h1-5,7-8,11-12,16-17,19H,6,9-10,13-14,23H2,(H,24,25)/t16-,17-,19?/m1/s1. The van der Waals surface area contributed by atoms with Crippen LogP contribution >= 0.6 is 0 Å². The highest BCUT2D eigenvalue weighted by atomic mass is 19.1. The van der Waals surface area contributed by atoms with Gasteiger partial charge >= 0.3 is 0 Å². The third-order valence-electron chi connectivity index (χ3n) is 5.06. The summed E-state index contributed by atoms with van der Waals surface area (Å²) < 4.78 is 19.5. The Labute approximate surface area is 153 Å². The Hall–Kier alpha value is -2.40. The number of carbonyl (C=O) groups excluding carboxylic acids is 1. The fourth-order valence-corrected chi connectivity index (χ4v) is 3.58. The van der Waals surface area contributed by atoms with E-state index in [2.05, 4.69) is 5.32 Å². The van der Waals surface area contributed by atoms with E-state index in [1.165, 1.54) is 6.07 Å². The summed E-state index contributed by atoms with van der Waals surface area (Å²) in [7, 11) is 0. The second-order valence-electron chi connectivity index (χ2n) is 6.75. The molecule has 1 aliphatic carbocycles. The zero-order valence-electron chi connectivity index (χ0n) is 14.7. The quantitative estimate of drug-likeness (QED) is 0.799. The van der Waals surface area contributed by atoms with Gasteiger partial charge in [-0.1, -0.05) is 48.9 Å². The van der Waals surface area contributed by atoms with Gasteiger partial charge < -0.3 is 15.8 Å². The molecule has 0 aromatic heterocycles. The van der Waals surface area contributed by atoms with Gasteiger partial charge in [0, 0.05) is 5.92 Å². The van der Waals surface area contributed by atoms with E-state index < -0.39 is 5.82 Å². The van der Waals surface area contributed by atoms with Crippen molar-refractivity contribution < 1.29 is 13.9 Å². The Morgan fingerprint density at radius 1 is 1.15 bits per heavy atom. The fourth-order valence-electron chi connectivity index (χ4n) is 3.58. The van der Waals surface area contributed by atoms with E-state index in [-0.39, 0.29) is 36.1 Å². The van der Waals surface area contributed by atoms with Gasteiger partial charge in [0.1, 0.15) is 6.61 Å². The van der Waals surface area contributed by atoms with Crippen molar-refractivity contribution in [1.82, 2.24) is 5.32 Å². The third-order valence-corrected chi connectivity index (χ3v) is 5.06. The zero-order chi connectivity index (χ0) is 18.4. The minimum atomic E-state index is -0.412. The normalized spacial score (nSPS) is 20.5. The van der Waals surface area contributed by atoms with E-state index in [0.717, 1.165) is 24.8 Å². The predicted octanol–water partition coefficient (Wildman–Crippen LogP) is 3.44. The largest absolute Gasteiger partial charge is 0.488 e. The maximum Gasteiger partial charge on any atom is 0.224 e. The topological polar surface area (TPSA) is 64.4 Å². The van der Waals surface area contributed by atoms with Crippen molar-refractivity contribution in [3.8, 4) is 5.75 Å². The van der Waals surface area contributed by atoms with E-state index in [4.69, 9.17) is 10.5 Å². The number of rotatable bonds is 7. The molecule has 4 nitrogen and oxygen atoms in total. The van der Waals surface area contributed by atoms with Crippen molar-refractivity contribution in [2.45, 2.75) is 25.3 Å². The maximum absolute atomic E-state index is 13.8. The molecule has 0 aliphatic heterocycles. The molecule has 0 bridgehead atoms. The Bertz CT molecular complexity index is 723. The molecule has 2 aromatic carbocycles. The summed E-state index contributed by atoms with van der Waals surface area (Å²) >= 11 is 0. The molecule has 3 atom stereocenters. The molecular formula is C21H25FN2O2. The highest BCUT2D eigenvalue weighted by molar-refractivity contribution is 5.79. The number of nitrogens with one attached hydrogen (secondary N) is 1. The molecule has 1 fully saturated rings. The Morgan fingerprint density at radius 2 is 1.88 bits per heavy atom. The van der Waals surface area contributed by atoms with Gasteiger partial charge in [-0.15, -0.1) is 0 Å². The molecule has 1 unspecified atom stereocenters. The maximum atomic E-state index is 13.8. The number of hydrogen-bond acceptors (Lipinski definition) is 3. The molecule has 3 N–H and O–H groups in total. The van der Waals surface area contributed by atoms with Gasteiger partial charge in [-0.25, -0.2) is 4.39 Å². The van der Waals surface area contributed by atoms with E-state index in [9.17, 15) is 9.18 Å². The first-order valence-electron chi connectivity index (χ1n) is 9.11. The molecule has 0 saturated heterocycles. The number of benzene rings is 2. The Kier molecular flexibility index (Phi) is 6.23. The van der Waals surface area contributed by atoms with Crippen molar-refractivity contribution in [2.75, 3.05) is 13.2 Å². The van der Waals surface area contributed by atoms with Crippen LogP contribution in [0.1, 0.15) is 30.9 Å². The van der Waals surface area contributed by atoms with Gasteiger partial charge in [-0.3, -0.25) is 4.79 Å². The van der Waals surface area contributed by atoms with E-state index in [1.807, 2.05) is 30.3 Å². The van der Waals surface area contributed by atoms with Crippen LogP contribution in [-0.2, 0) is 4.79 Å². The summed E-state index contributed by atoms with van der Waals surface area (Å²) in [6.45, 7) is 0.691. The molecule has 1 amide bonds. The average Bonchev–Trinajstić information content (AvgIpc) is 3.16. The van der Waals surface area contributed by atoms with Gasteiger partial charge in [-0.05, 0) is 43.0 Å². The van der Waals surface area contributed by atoms with Gasteiger partial charge in [-0.2, -0.15) is 0 Å². The van der Waals surface area contributed by atoms with Crippen molar-refractivity contribution in [2.24, 2.45) is 17.6 Å². The number of nitrogens with two attached hydrogens (primary N) is 1. The van der Waals surface area contributed by atoms with Gasteiger partial charge in [0.2, 0.25) is 5.91 Å². The third kappa shape index (κ3) is 4.41. The minimum absolute atomic E-state index is 0.00365. The van der Waals surface area contributed by atoms with E-state index in [0.29, 0.717) is 6.54 Å². The van der Waals surface area contributed by atoms with Crippen LogP contribution in [0, 0.1) is 17.7 Å². The molecule has 138 valence electrons. The molecule has 1 saturated carbocycles. The summed E-state index contributed by atoms with van der Waals surface area (Å²) in [5, 5.41) is 3.09. The van der Waals surface area contributed by atoms with Gasteiger partial charge in [0.25, 0.3) is 0 Å². The second-order valence-corrected chi connectivity index (χ2v) is 6.75. The van der Waals surface area contributed by atoms with Crippen LogP contribution in [0.15, 0.2) is 54.6 Å². The van der Waals surface area contributed by atoms with Crippen molar-refractivity contribution in [3.63, 3.8) is 0 Å². The molecule has 0 spiro atoms. The summed E-state index contributed by atoms with van der Waals surface area (Å²) in [5.41, 5.74) is 6.74. The summed E-state index contributed by atoms with van der Waals surface area (Å²) in [6, 6.07) is 15.5. The lowest BCUT2D eigenvalue weighted by Crippen LogP contribution is -2.39. The highest BCUT2D eigenvalue weighted by Gasteiger charge is 2.33.